The monoisotopic (exact) mass is 297 g/mol. The quantitative estimate of drug-likeness (QED) is 0.580. The van der Waals surface area contributed by atoms with Crippen molar-refractivity contribution in [2.75, 3.05) is 12.4 Å². The molecule has 0 radical (unpaired) electrons. The van der Waals surface area contributed by atoms with Gasteiger partial charge in [-0.15, -0.1) is 11.6 Å². The Bertz CT molecular complexity index is 367. The summed E-state index contributed by atoms with van der Waals surface area (Å²) in [6.45, 7) is 3.26. The van der Waals surface area contributed by atoms with Crippen LogP contribution in [0.5, 0.6) is 0 Å². The maximum Gasteiger partial charge on any atom is 0.226 e. The molecule has 0 aromatic heterocycles. The molecule has 2 atom stereocenters. The molecule has 2 unspecified atom stereocenters. The lowest BCUT2D eigenvalue weighted by Crippen LogP contribution is -2.56. The molecule has 1 amide bonds. The van der Waals surface area contributed by atoms with Crippen LogP contribution in [0.4, 0.5) is 0 Å². The van der Waals surface area contributed by atoms with Gasteiger partial charge in [-0.25, -0.2) is 0 Å². The van der Waals surface area contributed by atoms with E-state index in [4.69, 9.17) is 11.6 Å². The fraction of sp³-hybridized carbons (Fsp3) is 0.941. The molecule has 0 aromatic carbocycles. The Balaban J connectivity index is 1.57. The van der Waals surface area contributed by atoms with Crippen molar-refractivity contribution < 1.29 is 4.79 Å². The van der Waals surface area contributed by atoms with Crippen LogP contribution in [0.15, 0.2) is 0 Å². The molecule has 2 nitrogen and oxygen atoms in total. The van der Waals surface area contributed by atoms with Crippen LogP contribution < -0.4 is 5.32 Å². The normalized spacial score (nSPS) is 41.9. The second-order valence-electron chi connectivity index (χ2n) is 8.06. The minimum absolute atomic E-state index is 0.00861. The summed E-state index contributed by atoms with van der Waals surface area (Å²) in [5, 5.41) is 3.23. The maximum absolute atomic E-state index is 12.7. The Hall–Kier alpha value is -0.240. The maximum atomic E-state index is 12.7. The molecule has 4 aliphatic carbocycles. The molecule has 1 N–H and O–H groups in total. The van der Waals surface area contributed by atoms with Crippen molar-refractivity contribution in [1.29, 1.82) is 0 Å². The van der Waals surface area contributed by atoms with Crippen LogP contribution in [0.25, 0.3) is 0 Å². The molecule has 20 heavy (non-hydrogen) atoms. The Kier molecular flexibility index (Phi) is 4.05. The van der Waals surface area contributed by atoms with E-state index in [0.717, 1.165) is 62.8 Å². The van der Waals surface area contributed by atoms with Crippen molar-refractivity contribution in [2.24, 2.45) is 22.7 Å². The molecule has 0 heterocycles. The van der Waals surface area contributed by atoms with E-state index in [9.17, 15) is 4.79 Å². The van der Waals surface area contributed by atoms with Gasteiger partial charge in [0.05, 0.1) is 5.41 Å². The van der Waals surface area contributed by atoms with Gasteiger partial charge in [0.1, 0.15) is 0 Å². The molecule has 0 saturated heterocycles. The van der Waals surface area contributed by atoms with E-state index in [1.54, 1.807) is 0 Å². The molecule has 4 fully saturated rings. The van der Waals surface area contributed by atoms with Gasteiger partial charge < -0.3 is 5.32 Å². The molecular formula is C17H28ClNO. The molecule has 3 heteroatoms. The number of halogens is 1. The number of unbranched alkanes of at least 4 members (excludes halogenated alkanes) is 2. The lowest BCUT2D eigenvalue weighted by molar-refractivity contribution is -0.155. The molecule has 114 valence electrons. The number of carbonyl (C=O) groups is 1. The highest BCUT2D eigenvalue weighted by molar-refractivity contribution is 6.17. The van der Waals surface area contributed by atoms with Crippen LogP contribution in [0.2, 0.25) is 0 Å². The van der Waals surface area contributed by atoms with Gasteiger partial charge in [0.25, 0.3) is 0 Å². The molecule has 4 saturated carbocycles. The number of nitrogens with one attached hydrogen (secondary N) is 1. The van der Waals surface area contributed by atoms with Crippen LogP contribution in [-0.4, -0.2) is 18.3 Å². The lowest BCUT2D eigenvalue weighted by atomic mass is 9.44. The number of hydrogen-bond acceptors (Lipinski definition) is 1. The summed E-state index contributed by atoms with van der Waals surface area (Å²) in [5.74, 6) is 2.75. The predicted octanol–water partition coefficient (Wildman–Crippen LogP) is 4.12. The summed E-state index contributed by atoms with van der Waals surface area (Å²) in [6, 6.07) is 0. The van der Waals surface area contributed by atoms with Gasteiger partial charge in [-0.2, -0.15) is 0 Å². The first-order valence-electron chi connectivity index (χ1n) is 8.40. The van der Waals surface area contributed by atoms with Crippen LogP contribution in [0.1, 0.15) is 64.7 Å². The molecule has 4 rings (SSSR count). The third-order valence-electron chi connectivity index (χ3n) is 5.93. The summed E-state index contributed by atoms with van der Waals surface area (Å²) in [6.07, 6.45) is 10.8. The van der Waals surface area contributed by atoms with E-state index in [2.05, 4.69) is 12.2 Å². The molecule has 4 aliphatic rings. The second kappa shape index (κ2) is 5.51. The average Bonchev–Trinajstić information content (AvgIpc) is 2.35. The summed E-state index contributed by atoms with van der Waals surface area (Å²) in [4.78, 5) is 12.7. The van der Waals surface area contributed by atoms with Crippen molar-refractivity contribution in [3.05, 3.63) is 0 Å². The van der Waals surface area contributed by atoms with Crippen LogP contribution in [-0.2, 0) is 4.79 Å². The van der Waals surface area contributed by atoms with Crippen LogP contribution in [0, 0.1) is 22.7 Å². The zero-order chi connectivity index (χ0) is 14.2. The van der Waals surface area contributed by atoms with E-state index >= 15 is 0 Å². The number of carbonyl (C=O) groups excluding carboxylic acids is 1. The fourth-order valence-corrected chi connectivity index (χ4v) is 5.96. The van der Waals surface area contributed by atoms with Gasteiger partial charge in [0.15, 0.2) is 0 Å². The van der Waals surface area contributed by atoms with Crippen LogP contribution in [0.3, 0.4) is 0 Å². The Labute approximate surface area is 128 Å². The van der Waals surface area contributed by atoms with E-state index in [0.29, 0.717) is 11.3 Å². The second-order valence-corrected chi connectivity index (χ2v) is 8.44. The molecule has 4 bridgehead atoms. The zero-order valence-corrected chi connectivity index (χ0v) is 13.5. The first-order valence-corrected chi connectivity index (χ1v) is 8.93. The summed E-state index contributed by atoms with van der Waals surface area (Å²) in [5.41, 5.74) is 0.450. The third-order valence-corrected chi connectivity index (χ3v) is 6.20. The summed E-state index contributed by atoms with van der Waals surface area (Å²) in [7, 11) is 0. The number of amides is 1. The van der Waals surface area contributed by atoms with Gasteiger partial charge in [-0.05, 0) is 68.6 Å². The van der Waals surface area contributed by atoms with Crippen molar-refractivity contribution in [3.8, 4) is 0 Å². The highest BCUT2D eigenvalue weighted by Crippen LogP contribution is 2.65. The summed E-state index contributed by atoms with van der Waals surface area (Å²) >= 11 is 5.68. The van der Waals surface area contributed by atoms with Gasteiger partial charge in [-0.1, -0.05) is 13.3 Å². The molecule has 0 aliphatic heterocycles. The largest absolute Gasteiger partial charge is 0.356 e. The molecule has 0 aromatic rings. The molecule has 0 spiro atoms. The number of hydrogen-bond donors (Lipinski definition) is 1. The van der Waals surface area contributed by atoms with Crippen molar-refractivity contribution in [2.45, 2.75) is 64.7 Å². The van der Waals surface area contributed by atoms with E-state index in [1.165, 1.54) is 19.3 Å². The zero-order valence-electron chi connectivity index (χ0n) is 12.7. The smallest absolute Gasteiger partial charge is 0.226 e. The molecular weight excluding hydrogens is 270 g/mol. The van der Waals surface area contributed by atoms with Crippen molar-refractivity contribution in [1.82, 2.24) is 5.32 Å². The standard InChI is InChI=1S/C17H28ClNO/c1-16-8-13-7-14(9-16)11-17(10-13,12-16)15(20)19-6-4-2-3-5-18/h13-14H,2-12H2,1H3,(H,19,20). The number of alkyl halides is 1. The van der Waals surface area contributed by atoms with Gasteiger partial charge in [0, 0.05) is 12.4 Å². The lowest BCUT2D eigenvalue weighted by Gasteiger charge is -2.60. The Morgan fingerprint density at radius 1 is 1.15 bits per heavy atom. The highest BCUT2D eigenvalue weighted by atomic mass is 35.5. The fourth-order valence-electron chi connectivity index (χ4n) is 5.77. The van der Waals surface area contributed by atoms with Crippen molar-refractivity contribution >= 4 is 17.5 Å². The Morgan fingerprint density at radius 3 is 2.45 bits per heavy atom. The van der Waals surface area contributed by atoms with Gasteiger partial charge >= 0.3 is 0 Å². The van der Waals surface area contributed by atoms with E-state index in [-0.39, 0.29) is 5.41 Å². The third kappa shape index (κ3) is 2.73. The first kappa shape index (κ1) is 14.7. The Morgan fingerprint density at radius 2 is 1.85 bits per heavy atom. The topological polar surface area (TPSA) is 29.1 Å². The predicted molar refractivity (Wildman–Crippen MR) is 82.8 cm³/mol. The van der Waals surface area contributed by atoms with Crippen LogP contribution >= 0.6 is 11.6 Å². The number of rotatable bonds is 6. The summed E-state index contributed by atoms with van der Waals surface area (Å²) < 4.78 is 0. The minimum Gasteiger partial charge on any atom is -0.356 e. The minimum atomic E-state index is -0.00861. The first-order chi connectivity index (χ1) is 9.55. The highest BCUT2D eigenvalue weighted by Gasteiger charge is 2.58. The van der Waals surface area contributed by atoms with Gasteiger partial charge in [-0.3, -0.25) is 4.79 Å². The van der Waals surface area contributed by atoms with E-state index < -0.39 is 0 Å². The SMILES string of the molecule is CC12CC3CC(C1)CC(C(=O)NCCCCCCl)(C3)C2. The van der Waals surface area contributed by atoms with Gasteiger partial charge in [0.2, 0.25) is 5.91 Å². The van der Waals surface area contributed by atoms with E-state index in [1.807, 2.05) is 0 Å². The van der Waals surface area contributed by atoms with Crippen molar-refractivity contribution in [3.63, 3.8) is 0 Å². The average molecular weight is 298 g/mol.